The molecule has 4 N–H and O–H groups in total. The van der Waals surface area contributed by atoms with E-state index in [-0.39, 0.29) is 17.9 Å². The van der Waals surface area contributed by atoms with Gasteiger partial charge in [-0.25, -0.2) is 4.98 Å². The fourth-order valence-corrected chi connectivity index (χ4v) is 2.78. The number of primary amides is 1. The van der Waals surface area contributed by atoms with Gasteiger partial charge in [0, 0.05) is 0 Å². The molecule has 1 saturated heterocycles. The molecule has 19 heavy (non-hydrogen) atoms. The maximum atomic E-state index is 11.1. The van der Waals surface area contributed by atoms with Gasteiger partial charge in [-0.1, -0.05) is 12.1 Å². The number of carbonyl (C=O) groups excluding carboxylic acids is 1. The van der Waals surface area contributed by atoms with Crippen molar-refractivity contribution >= 4 is 16.9 Å². The highest BCUT2D eigenvalue weighted by atomic mass is 16.1. The number of para-hydroxylation sites is 1. The van der Waals surface area contributed by atoms with Crippen molar-refractivity contribution in [2.75, 3.05) is 6.54 Å². The van der Waals surface area contributed by atoms with Crippen LogP contribution in [0.25, 0.3) is 11.0 Å². The van der Waals surface area contributed by atoms with Gasteiger partial charge < -0.3 is 16.0 Å². The van der Waals surface area contributed by atoms with Gasteiger partial charge in [0.15, 0.2) is 0 Å². The Labute approximate surface area is 111 Å². The SMILES string of the molecule is CC1(c2nc3c(CC(N)=O)cccc3[nH]2)CCCN1. The first-order valence-electron chi connectivity index (χ1n) is 6.60. The number of hydrogen-bond donors (Lipinski definition) is 3. The third-order valence-corrected chi connectivity index (χ3v) is 3.85. The standard InChI is InChI=1S/C14H18N4O/c1-14(6-3-7-16-14)13-17-10-5-2-4-9(8-11(15)19)12(10)18-13/h2,4-5,16H,3,6-8H2,1H3,(H2,15,19)(H,17,18). The Balaban J connectivity index is 2.07. The third-order valence-electron chi connectivity index (χ3n) is 3.85. The summed E-state index contributed by atoms with van der Waals surface area (Å²) in [7, 11) is 0. The van der Waals surface area contributed by atoms with Crippen LogP contribution in [0.15, 0.2) is 18.2 Å². The maximum absolute atomic E-state index is 11.1. The first-order valence-corrected chi connectivity index (χ1v) is 6.60. The molecule has 1 aliphatic heterocycles. The molecule has 5 heteroatoms. The van der Waals surface area contributed by atoms with Gasteiger partial charge in [0.05, 0.1) is 23.0 Å². The molecule has 100 valence electrons. The summed E-state index contributed by atoms with van der Waals surface area (Å²) in [5, 5.41) is 3.49. The lowest BCUT2D eigenvalue weighted by atomic mass is 10.00. The van der Waals surface area contributed by atoms with E-state index in [1.54, 1.807) is 0 Å². The highest BCUT2D eigenvalue weighted by Gasteiger charge is 2.33. The number of fused-ring (bicyclic) bond motifs is 1. The molecular weight excluding hydrogens is 240 g/mol. The minimum Gasteiger partial charge on any atom is -0.369 e. The molecule has 1 amide bonds. The molecule has 1 aromatic heterocycles. The fraction of sp³-hybridized carbons (Fsp3) is 0.429. The van der Waals surface area contributed by atoms with Crippen LogP contribution in [0, 0.1) is 0 Å². The molecule has 1 aliphatic rings. The molecule has 1 aromatic carbocycles. The van der Waals surface area contributed by atoms with E-state index in [0.717, 1.165) is 41.8 Å². The summed E-state index contributed by atoms with van der Waals surface area (Å²) in [6.45, 7) is 3.17. The van der Waals surface area contributed by atoms with Crippen LogP contribution < -0.4 is 11.1 Å². The topological polar surface area (TPSA) is 83.8 Å². The number of aromatic nitrogens is 2. The zero-order chi connectivity index (χ0) is 13.5. The second kappa shape index (κ2) is 4.35. The minimum atomic E-state index is -0.331. The Morgan fingerprint density at radius 2 is 2.37 bits per heavy atom. The molecule has 1 unspecified atom stereocenters. The number of hydrogen-bond acceptors (Lipinski definition) is 3. The van der Waals surface area contributed by atoms with E-state index >= 15 is 0 Å². The summed E-state index contributed by atoms with van der Waals surface area (Å²) in [6, 6.07) is 5.81. The summed E-state index contributed by atoms with van der Waals surface area (Å²) < 4.78 is 0. The van der Waals surface area contributed by atoms with Gasteiger partial charge in [-0.3, -0.25) is 4.79 Å². The van der Waals surface area contributed by atoms with E-state index in [0.29, 0.717) is 0 Å². The summed E-state index contributed by atoms with van der Waals surface area (Å²) in [5.41, 5.74) is 7.89. The van der Waals surface area contributed by atoms with Crippen molar-refractivity contribution in [1.29, 1.82) is 0 Å². The van der Waals surface area contributed by atoms with Crippen molar-refractivity contribution < 1.29 is 4.79 Å². The molecule has 2 heterocycles. The van der Waals surface area contributed by atoms with E-state index in [1.807, 2.05) is 18.2 Å². The molecule has 1 fully saturated rings. The Bertz CT molecular complexity index is 625. The normalized spacial score (nSPS) is 23.0. The zero-order valence-corrected chi connectivity index (χ0v) is 11.0. The molecule has 2 aromatic rings. The molecule has 0 saturated carbocycles. The van der Waals surface area contributed by atoms with Crippen LogP contribution >= 0.6 is 0 Å². The Morgan fingerprint density at radius 3 is 3.05 bits per heavy atom. The molecule has 5 nitrogen and oxygen atoms in total. The highest BCUT2D eigenvalue weighted by molar-refractivity contribution is 5.85. The summed E-state index contributed by atoms with van der Waals surface area (Å²) in [6.07, 6.45) is 2.45. The number of benzene rings is 1. The number of amides is 1. The lowest BCUT2D eigenvalue weighted by Gasteiger charge is -2.21. The van der Waals surface area contributed by atoms with Crippen LogP contribution in [0.3, 0.4) is 0 Å². The largest absolute Gasteiger partial charge is 0.369 e. The van der Waals surface area contributed by atoms with Crippen LogP contribution in [0.1, 0.15) is 31.2 Å². The molecule has 3 rings (SSSR count). The fourth-order valence-electron chi connectivity index (χ4n) is 2.78. The minimum absolute atomic E-state index is 0.0942. The molecular formula is C14H18N4O. The van der Waals surface area contributed by atoms with Crippen molar-refractivity contribution in [1.82, 2.24) is 15.3 Å². The second-order valence-corrected chi connectivity index (χ2v) is 5.40. The van der Waals surface area contributed by atoms with Gasteiger partial charge >= 0.3 is 0 Å². The molecule has 1 atom stereocenters. The van der Waals surface area contributed by atoms with E-state index in [4.69, 9.17) is 10.7 Å². The second-order valence-electron chi connectivity index (χ2n) is 5.40. The monoisotopic (exact) mass is 258 g/mol. The predicted octanol–water partition coefficient (Wildman–Crippen LogP) is 1.19. The predicted molar refractivity (Wildman–Crippen MR) is 73.6 cm³/mol. The average molecular weight is 258 g/mol. The number of carbonyl (C=O) groups is 1. The zero-order valence-electron chi connectivity index (χ0n) is 11.0. The van der Waals surface area contributed by atoms with Crippen molar-refractivity contribution in [3.8, 4) is 0 Å². The number of nitrogens with one attached hydrogen (secondary N) is 2. The quantitative estimate of drug-likeness (QED) is 0.773. The number of imidazole rings is 1. The van der Waals surface area contributed by atoms with Crippen LogP contribution in [-0.4, -0.2) is 22.4 Å². The first-order chi connectivity index (χ1) is 9.08. The smallest absolute Gasteiger partial charge is 0.221 e. The maximum Gasteiger partial charge on any atom is 0.221 e. The van der Waals surface area contributed by atoms with Gasteiger partial charge in [-0.05, 0) is 37.9 Å². The molecule has 0 bridgehead atoms. The van der Waals surface area contributed by atoms with Gasteiger partial charge in [0.1, 0.15) is 5.82 Å². The van der Waals surface area contributed by atoms with E-state index in [2.05, 4.69) is 17.2 Å². The number of nitrogens with zero attached hydrogens (tertiary/aromatic N) is 1. The third kappa shape index (κ3) is 2.10. The average Bonchev–Trinajstić information content (AvgIpc) is 2.96. The number of nitrogens with two attached hydrogens (primary N) is 1. The van der Waals surface area contributed by atoms with Gasteiger partial charge in [-0.15, -0.1) is 0 Å². The highest BCUT2D eigenvalue weighted by Crippen LogP contribution is 2.30. The van der Waals surface area contributed by atoms with Crippen molar-refractivity contribution in [3.05, 3.63) is 29.6 Å². The molecule has 0 spiro atoms. The number of aromatic amines is 1. The lowest BCUT2D eigenvalue weighted by Crippen LogP contribution is -2.34. The van der Waals surface area contributed by atoms with Crippen LogP contribution in [0.2, 0.25) is 0 Å². The van der Waals surface area contributed by atoms with Crippen LogP contribution in [0.5, 0.6) is 0 Å². The van der Waals surface area contributed by atoms with Crippen molar-refractivity contribution in [2.45, 2.75) is 31.7 Å². The van der Waals surface area contributed by atoms with E-state index in [9.17, 15) is 4.79 Å². The summed E-state index contributed by atoms with van der Waals surface area (Å²) >= 11 is 0. The first kappa shape index (κ1) is 12.2. The Kier molecular flexibility index (Phi) is 2.78. The van der Waals surface area contributed by atoms with Gasteiger partial charge in [-0.2, -0.15) is 0 Å². The number of rotatable bonds is 3. The molecule has 0 aliphatic carbocycles. The Morgan fingerprint density at radius 1 is 1.53 bits per heavy atom. The van der Waals surface area contributed by atoms with Gasteiger partial charge in [0.25, 0.3) is 0 Å². The van der Waals surface area contributed by atoms with Gasteiger partial charge in [0.2, 0.25) is 5.91 Å². The molecule has 0 radical (unpaired) electrons. The van der Waals surface area contributed by atoms with Crippen molar-refractivity contribution in [3.63, 3.8) is 0 Å². The Hall–Kier alpha value is -1.88. The lowest BCUT2D eigenvalue weighted by molar-refractivity contribution is -0.117. The van der Waals surface area contributed by atoms with E-state index in [1.165, 1.54) is 0 Å². The van der Waals surface area contributed by atoms with Crippen molar-refractivity contribution in [2.24, 2.45) is 5.73 Å². The van der Waals surface area contributed by atoms with Crippen LogP contribution in [-0.2, 0) is 16.8 Å². The summed E-state index contributed by atoms with van der Waals surface area (Å²) in [4.78, 5) is 19.2. The van der Waals surface area contributed by atoms with E-state index < -0.39 is 0 Å². The number of H-pyrrole nitrogens is 1. The van der Waals surface area contributed by atoms with Crippen LogP contribution in [0.4, 0.5) is 0 Å². The summed E-state index contributed by atoms with van der Waals surface area (Å²) in [5.74, 6) is 0.610.